The largest absolute Gasteiger partial charge is 0.396 e. The highest BCUT2D eigenvalue weighted by Gasteiger charge is 2.18. The van der Waals surface area contributed by atoms with Crippen molar-refractivity contribution in [1.82, 2.24) is 14.1 Å². The fourth-order valence-corrected chi connectivity index (χ4v) is 5.11. The van der Waals surface area contributed by atoms with Gasteiger partial charge in [-0.25, -0.2) is 4.98 Å². The maximum absolute atomic E-state index is 13.2. The minimum Gasteiger partial charge on any atom is -0.396 e. The summed E-state index contributed by atoms with van der Waals surface area (Å²) in [4.78, 5) is 30.8. The number of para-hydroxylation sites is 1. The van der Waals surface area contributed by atoms with Crippen LogP contribution in [0.15, 0.2) is 70.6 Å². The summed E-state index contributed by atoms with van der Waals surface area (Å²) in [6, 6.07) is 19.5. The second-order valence-corrected chi connectivity index (χ2v) is 9.27. The maximum atomic E-state index is 13.2. The van der Waals surface area contributed by atoms with E-state index in [1.165, 1.54) is 17.3 Å². The van der Waals surface area contributed by atoms with Gasteiger partial charge in [0, 0.05) is 36.6 Å². The smallest absolute Gasteiger partial charge is 0.262 e. The number of ketones is 1. The zero-order valence-corrected chi connectivity index (χ0v) is 20.3. The Labute approximate surface area is 203 Å². The van der Waals surface area contributed by atoms with E-state index in [-0.39, 0.29) is 23.7 Å². The van der Waals surface area contributed by atoms with E-state index in [0.717, 1.165) is 24.4 Å². The third-order valence-electron chi connectivity index (χ3n) is 6.04. The van der Waals surface area contributed by atoms with E-state index in [2.05, 4.69) is 21.7 Å². The van der Waals surface area contributed by atoms with Gasteiger partial charge in [-0.3, -0.25) is 14.2 Å². The van der Waals surface area contributed by atoms with Gasteiger partial charge in [-0.2, -0.15) is 0 Å². The third kappa shape index (κ3) is 5.16. The molecule has 2 aromatic heterocycles. The second kappa shape index (κ2) is 10.8. The number of Topliss-reactive ketones (excluding diaryl/α,β-unsaturated/α-hetero) is 1. The van der Waals surface area contributed by atoms with Crippen LogP contribution in [0.5, 0.6) is 0 Å². The lowest BCUT2D eigenvalue weighted by Gasteiger charge is -2.12. The second-order valence-electron chi connectivity index (χ2n) is 8.33. The first-order valence-electron chi connectivity index (χ1n) is 11.5. The standard InChI is InChI=1S/C27H29N3O3S/c1-19-17-23(20(2)29(19)15-13-21-9-4-3-5-10-21)25(32)18-34-27-28-24-12-7-6-11-22(24)26(33)30(27)14-8-16-31/h3-7,9-12,17,31H,8,13-16,18H2,1-2H3. The number of aromatic nitrogens is 3. The fourth-order valence-electron chi connectivity index (χ4n) is 4.20. The number of aryl methyl sites for hydroxylation is 2. The van der Waals surface area contributed by atoms with Gasteiger partial charge in [0.15, 0.2) is 10.9 Å². The van der Waals surface area contributed by atoms with Gasteiger partial charge in [0.25, 0.3) is 5.56 Å². The first kappa shape index (κ1) is 24.0. The number of nitrogens with zero attached hydrogens (tertiary/aromatic N) is 3. The molecule has 4 rings (SSSR count). The van der Waals surface area contributed by atoms with Crippen LogP contribution in [-0.4, -0.2) is 37.4 Å². The topological polar surface area (TPSA) is 77.1 Å². The molecule has 0 atom stereocenters. The highest BCUT2D eigenvalue weighted by molar-refractivity contribution is 7.99. The average molecular weight is 476 g/mol. The van der Waals surface area contributed by atoms with Crippen LogP contribution in [0.2, 0.25) is 0 Å². The maximum Gasteiger partial charge on any atom is 0.262 e. The quantitative estimate of drug-likeness (QED) is 0.209. The summed E-state index contributed by atoms with van der Waals surface area (Å²) in [7, 11) is 0. The monoisotopic (exact) mass is 475 g/mol. The molecule has 0 aliphatic heterocycles. The molecule has 2 heterocycles. The SMILES string of the molecule is Cc1cc(C(=O)CSc2nc3ccccc3c(=O)n2CCCO)c(C)n1CCc1ccccc1. The summed E-state index contributed by atoms with van der Waals surface area (Å²) in [5.74, 6) is 0.201. The molecule has 0 saturated heterocycles. The molecule has 1 N–H and O–H groups in total. The van der Waals surface area contributed by atoms with Crippen LogP contribution < -0.4 is 5.56 Å². The molecule has 0 fully saturated rings. The Morgan fingerprint density at radius 3 is 2.50 bits per heavy atom. The molecule has 0 amide bonds. The van der Waals surface area contributed by atoms with Crippen molar-refractivity contribution in [3.63, 3.8) is 0 Å². The number of rotatable bonds is 10. The van der Waals surface area contributed by atoms with Crippen molar-refractivity contribution < 1.29 is 9.90 Å². The molecule has 0 unspecified atom stereocenters. The molecule has 0 bridgehead atoms. The van der Waals surface area contributed by atoms with E-state index in [1.54, 1.807) is 16.7 Å². The molecule has 7 heteroatoms. The van der Waals surface area contributed by atoms with E-state index in [0.29, 0.717) is 34.6 Å². The van der Waals surface area contributed by atoms with Gasteiger partial charge in [0.2, 0.25) is 0 Å². The molecular weight excluding hydrogens is 446 g/mol. The van der Waals surface area contributed by atoms with Crippen molar-refractivity contribution >= 4 is 28.4 Å². The molecule has 176 valence electrons. The van der Waals surface area contributed by atoms with Crippen LogP contribution in [0.25, 0.3) is 10.9 Å². The predicted octanol–water partition coefficient (Wildman–Crippen LogP) is 4.41. The Bertz CT molecular complexity index is 1360. The third-order valence-corrected chi connectivity index (χ3v) is 7.02. The molecular formula is C27H29N3O3S. The van der Waals surface area contributed by atoms with Crippen LogP contribution in [0.4, 0.5) is 0 Å². The van der Waals surface area contributed by atoms with Crippen LogP contribution in [0.3, 0.4) is 0 Å². The van der Waals surface area contributed by atoms with Crippen molar-refractivity contribution in [3.8, 4) is 0 Å². The molecule has 6 nitrogen and oxygen atoms in total. The zero-order valence-electron chi connectivity index (χ0n) is 19.5. The highest BCUT2D eigenvalue weighted by atomic mass is 32.2. The normalized spacial score (nSPS) is 11.3. The Balaban J connectivity index is 1.53. The van der Waals surface area contributed by atoms with Crippen molar-refractivity contribution in [2.75, 3.05) is 12.4 Å². The van der Waals surface area contributed by atoms with Gasteiger partial charge >= 0.3 is 0 Å². The Kier molecular flexibility index (Phi) is 7.65. The molecule has 0 saturated carbocycles. The summed E-state index contributed by atoms with van der Waals surface area (Å²) in [5.41, 5.74) is 4.47. The van der Waals surface area contributed by atoms with Gasteiger partial charge in [0.1, 0.15) is 0 Å². The van der Waals surface area contributed by atoms with Crippen LogP contribution in [0, 0.1) is 13.8 Å². The van der Waals surface area contributed by atoms with E-state index in [1.807, 2.05) is 50.2 Å². The van der Waals surface area contributed by atoms with E-state index in [9.17, 15) is 14.7 Å². The van der Waals surface area contributed by atoms with Gasteiger partial charge in [-0.05, 0) is 50.5 Å². The summed E-state index contributed by atoms with van der Waals surface area (Å²) in [6.45, 7) is 5.17. The minimum atomic E-state index is -0.145. The predicted molar refractivity (Wildman–Crippen MR) is 137 cm³/mol. The number of thioether (sulfide) groups is 1. The number of carbonyl (C=O) groups is 1. The zero-order chi connectivity index (χ0) is 24.1. The Morgan fingerprint density at radius 1 is 1.00 bits per heavy atom. The van der Waals surface area contributed by atoms with Crippen molar-refractivity contribution in [2.45, 2.75) is 44.9 Å². The van der Waals surface area contributed by atoms with Crippen molar-refractivity contribution in [1.29, 1.82) is 0 Å². The van der Waals surface area contributed by atoms with Crippen LogP contribution >= 0.6 is 11.8 Å². The molecule has 0 radical (unpaired) electrons. The van der Waals surface area contributed by atoms with E-state index in [4.69, 9.17) is 0 Å². The minimum absolute atomic E-state index is 0.0141. The number of fused-ring (bicyclic) bond motifs is 1. The fraction of sp³-hybridized carbons (Fsp3) is 0.296. The molecule has 0 aliphatic carbocycles. The number of hydrogen-bond donors (Lipinski definition) is 1. The lowest BCUT2D eigenvalue weighted by atomic mass is 10.1. The van der Waals surface area contributed by atoms with E-state index >= 15 is 0 Å². The number of aliphatic hydroxyl groups excluding tert-OH is 1. The summed E-state index contributed by atoms with van der Waals surface area (Å²) < 4.78 is 3.76. The van der Waals surface area contributed by atoms with Gasteiger partial charge in [-0.1, -0.05) is 54.2 Å². The van der Waals surface area contributed by atoms with Gasteiger partial charge in [0.05, 0.1) is 16.7 Å². The van der Waals surface area contributed by atoms with Crippen LogP contribution in [-0.2, 0) is 19.5 Å². The lowest BCUT2D eigenvalue weighted by Crippen LogP contribution is -2.24. The molecule has 2 aromatic carbocycles. The summed E-state index contributed by atoms with van der Waals surface area (Å²) >= 11 is 1.27. The highest BCUT2D eigenvalue weighted by Crippen LogP contribution is 2.22. The number of hydrogen-bond acceptors (Lipinski definition) is 5. The van der Waals surface area contributed by atoms with Crippen LogP contribution in [0.1, 0.15) is 33.7 Å². The van der Waals surface area contributed by atoms with Gasteiger partial charge < -0.3 is 9.67 Å². The Morgan fingerprint density at radius 2 is 1.74 bits per heavy atom. The lowest BCUT2D eigenvalue weighted by molar-refractivity contribution is 0.102. The number of aliphatic hydroxyl groups is 1. The first-order chi connectivity index (χ1) is 16.5. The molecule has 4 aromatic rings. The molecule has 34 heavy (non-hydrogen) atoms. The first-order valence-corrected chi connectivity index (χ1v) is 12.4. The van der Waals surface area contributed by atoms with E-state index < -0.39 is 0 Å². The average Bonchev–Trinajstić information content (AvgIpc) is 3.14. The van der Waals surface area contributed by atoms with Crippen molar-refractivity contribution in [3.05, 3.63) is 93.5 Å². The Hall–Kier alpha value is -3.16. The van der Waals surface area contributed by atoms with Gasteiger partial charge in [-0.15, -0.1) is 0 Å². The molecule has 0 spiro atoms. The summed E-state index contributed by atoms with van der Waals surface area (Å²) in [5, 5.41) is 10.3. The number of benzene rings is 2. The molecule has 0 aliphatic rings. The number of carbonyl (C=O) groups excluding carboxylic acids is 1. The summed E-state index contributed by atoms with van der Waals surface area (Å²) in [6.07, 6.45) is 1.35. The van der Waals surface area contributed by atoms with Crippen molar-refractivity contribution in [2.24, 2.45) is 0 Å².